The van der Waals surface area contributed by atoms with E-state index in [0.717, 1.165) is 44.1 Å². The van der Waals surface area contributed by atoms with E-state index >= 15 is 0 Å². The van der Waals surface area contributed by atoms with Crippen LogP contribution < -0.4 is 5.32 Å². The summed E-state index contributed by atoms with van der Waals surface area (Å²) in [6.07, 6.45) is 9.51. The molecule has 6 nitrogen and oxygen atoms in total. The first-order valence-electron chi connectivity index (χ1n) is 13.8. The average molecular weight is 498 g/mol. The fourth-order valence-electron chi connectivity index (χ4n) is 8.32. The molecular formula is C30H43NO5. The van der Waals surface area contributed by atoms with Gasteiger partial charge in [-0.15, -0.1) is 0 Å². The van der Waals surface area contributed by atoms with Crippen LogP contribution in [-0.2, 0) is 23.9 Å². The number of hydrogen-bond donors (Lipinski definition) is 1. The Morgan fingerprint density at radius 1 is 1.06 bits per heavy atom. The van der Waals surface area contributed by atoms with E-state index in [9.17, 15) is 19.2 Å². The zero-order chi connectivity index (χ0) is 26.4. The second kappa shape index (κ2) is 9.90. The molecule has 0 spiro atoms. The van der Waals surface area contributed by atoms with Crippen molar-refractivity contribution in [1.29, 1.82) is 0 Å². The van der Waals surface area contributed by atoms with E-state index in [1.807, 2.05) is 13.8 Å². The van der Waals surface area contributed by atoms with Gasteiger partial charge in [-0.05, 0) is 86.5 Å². The van der Waals surface area contributed by atoms with Gasteiger partial charge in [-0.3, -0.25) is 19.2 Å². The van der Waals surface area contributed by atoms with Crippen LogP contribution in [0.1, 0.15) is 99.3 Å². The van der Waals surface area contributed by atoms with Crippen LogP contribution in [-0.4, -0.2) is 35.6 Å². The lowest BCUT2D eigenvalue weighted by molar-refractivity contribution is -0.148. The Kier molecular flexibility index (Phi) is 7.38. The van der Waals surface area contributed by atoms with Crippen LogP contribution in [0.2, 0.25) is 0 Å². The molecule has 0 aromatic rings. The molecule has 1 N–H and O–H groups in total. The van der Waals surface area contributed by atoms with E-state index in [1.54, 1.807) is 0 Å². The number of nitrogens with one attached hydrogen (secondary N) is 1. The molecule has 0 heterocycles. The Hall–Kier alpha value is -2.24. The van der Waals surface area contributed by atoms with Crippen molar-refractivity contribution in [2.45, 2.75) is 111 Å². The Morgan fingerprint density at radius 3 is 2.42 bits per heavy atom. The first kappa shape index (κ1) is 26.8. The van der Waals surface area contributed by atoms with E-state index in [1.165, 1.54) is 19.4 Å². The van der Waals surface area contributed by atoms with E-state index in [0.29, 0.717) is 36.7 Å². The topological polar surface area (TPSA) is 89.5 Å². The molecule has 4 rings (SSSR count). The van der Waals surface area contributed by atoms with Gasteiger partial charge >= 0.3 is 5.97 Å². The standard InChI is InChI=1S/C30H43NO5/c1-17(31-19(3)32)7-10-26(34)18(2)28-27(35)16-25-23-9-8-21-15-22(36-20(4)33)11-13-29(21,5)24(23)12-14-30(25,28)6/h8,17,22-25H,7,9-16H2,1-6H3,(H,31,32)/b28-18+/t17-,22+,23+,24-,25+,29+,30+/m1/s1. The van der Waals surface area contributed by atoms with E-state index in [-0.39, 0.29) is 52.3 Å². The molecule has 1 amide bonds. The number of Topliss-reactive ketones (excluding diaryl/α,β-unsaturated/α-hetero) is 2. The zero-order valence-corrected chi connectivity index (χ0v) is 22.9. The van der Waals surface area contributed by atoms with Crippen molar-refractivity contribution in [2.75, 3.05) is 0 Å². The van der Waals surface area contributed by atoms with Gasteiger partial charge in [0.1, 0.15) is 6.10 Å². The highest BCUT2D eigenvalue weighted by molar-refractivity contribution is 6.08. The molecule has 4 aliphatic rings. The predicted octanol–water partition coefficient (Wildman–Crippen LogP) is 5.25. The minimum Gasteiger partial charge on any atom is -0.462 e. The van der Waals surface area contributed by atoms with E-state index in [2.05, 4.69) is 25.2 Å². The lowest BCUT2D eigenvalue weighted by Crippen LogP contribution is -2.49. The van der Waals surface area contributed by atoms with Gasteiger partial charge in [0.2, 0.25) is 5.91 Å². The number of carbonyl (C=O) groups is 4. The molecule has 3 saturated carbocycles. The van der Waals surface area contributed by atoms with Crippen LogP contribution in [0.15, 0.2) is 22.8 Å². The number of rotatable bonds is 6. The van der Waals surface area contributed by atoms with Crippen molar-refractivity contribution in [2.24, 2.45) is 28.6 Å². The first-order chi connectivity index (χ1) is 16.9. The molecule has 0 unspecified atom stereocenters. The number of ketones is 2. The van der Waals surface area contributed by atoms with Crippen LogP contribution in [0.4, 0.5) is 0 Å². The lowest BCUT2D eigenvalue weighted by Gasteiger charge is -2.57. The Balaban J connectivity index is 1.54. The quantitative estimate of drug-likeness (QED) is 0.308. The van der Waals surface area contributed by atoms with Gasteiger partial charge in [-0.25, -0.2) is 0 Å². The third-order valence-electron chi connectivity index (χ3n) is 10.1. The minimum absolute atomic E-state index is 0.0168. The van der Waals surface area contributed by atoms with Crippen molar-refractivity contribution < 1.29 is 23.9 Å². The molecule has 3 fully saturated rings. The number of hydrogen-bond acceptors (Lipinski definition) is 5. The van der Waals surface area contributed by atoms with Gasteiger partial charge in [0, 0.05) is 44.7 Å². The summed E-state index contributed by atoms with van der Waals surface area (Å²) >= 11 is 0. The number of carbonyl (C=O) groups excluding carboxylic acids is 4. The number of amides is 1. The number of fused-ring (bicyclic) bond motifs is 5. The number of allylic oxidation sites excluding steroid dienone is 3. The highest BCUT2D eigenvalue weighted by atomic mass is 16.5. The van der Waals surface area contributed by atoms with Crippen LogP contribution in [0, 0.1) is 28.6 Å². The molecule has 0 aromatic heterocycles. The maximum atomic E-state index is 13.4. The number of esters is 1. The fourth-order valence-corrected chi connectivity index (χ4v) is 8.32. The van der Waals surface area contributed by atoms with Crippen molar-refractivity contribution in [1.82, 2.24) is 5.32 Å². The lowest BCUT2D eigenvalue weighted by atomic mass is 9.47. The second-order valence-corrected chi connectivity index (χ2v) is 12.4. The van der Waals surface area contributed by atoms with Crippen LogP contribution in [0.3, 0.4) is 0 Å². The van der Waals surface area contributed by atoms with Gasteiger partial charge < -0.3 is 10.1 Å². The Morgan fingerprint density at radius 2 is 1.75 bits per heavy atom. The maximum Gasteiger partial charge on any atom is 0.302 e. The summed E-state index contributed by atoms with van der Waals surface area (Å²) < 4.78 is 5.55. The Bertz CT molecular complexity index is 1020. The molecule has 0 bridgehead atoms. The Labute approximate surface area is 215 Å². The summed E-state index contributed by atoms with van der Waals surface area (Å²) in [7, 11) is 0. The molecule has 36 heavy (non-hydrogen) atoms. The van der Waals surface area contributed by atoms with Crippen molar-refractivity contribution >= 4 is 23.4 Å². The molecular weight excluding hydrogens is 454 g/mol. The molecule has 4 aliphatic carbocycles. The number of ether oxygens (including phenoxy) is 1. The van der Waals surface area contributed by atoms with Crippen molar-refractivity contribution in [3.8, 4) is 0 Å². The normalized spacial score (nSPS) is 37.6. The molecule has 0 radical (unpaired) electrons. The highest BCUT2D eigenvalue weighted by Gasteiger charge is 2.60. The van der Waals surface area contributed by atoms with Crippen LogP contribution in [0.5, 0.6) is 0 Å². The molecule has 0 saturated heterocycles. The fraction of sp³-hybridized carbons (Fsp3) is 0.733. The summed E-state index contributed by atoms with van der Waals surface area (Å²) in [5.41, 5.74) is 2.70. The van der Waals surface area contributed by atoms with Gasteiger partial charge in [0.25, 0.3) is 0 Å². The van der Waals surface area contributed by atoms with Gasteiger partial charge in [0.15, 0.2) is 11.6 Å². The third kappa shape index (κ3) is 4.72. The van der Waals surface area contributed by atoms with Gasteiger partial charge in [0.05, 0.1) is 0 Å². The smallest absolute Gasteiger partial charge is 0.302 e. The van der Waals surface area contributed by atoms with Crippen molar-refractivity contribution in [3.63, 3.8) is 0 Å². The third-order valence-corrected chi connectivity index (χ3v) is 10.1. The van der Waals surface area contributed by atoms with E-state index < -0.39 is 0 Å². The molecule has 7 atom stereocenters. The summed E-state index contributed by atoms with van der Waals surface area (Å²) in [5, 5.41) is 2.83. The minimum atomic E-state index is -0.252. The van der Waals surface area contributed by atoms with E-state index in [4.69, 9.17) is 4.74 Å². The van der Waals surface area contributed by atoms with Gasteiger partial charge in [-0.1, -0.05) is 25.5 Å². The highest BCUT2D eigenvalue weighted by Crippen LogP contribution is 2.65. The SMILES string of the molecule is CC(=O)N[C@H](C)CCC(=O)/C(C)=C1\C(=O)C[C@H]2[C@H]3CC=C4C[C@@H](OC(C)=O)CC[C@]4(C)[C@@H]3CC[C@]12C. The molecule has 198 valence electrons. The summed E-state index contributed by atoms with van der Waals surface area (Å²) in [5.74, 6) is 1.11. The molecule has 6 heteroatoms. The average Bonchev–Trinajstić information content (AvgIpc) is 3.06. The second-order valence-electron chi connectivity index (χ2n) is 12.4. The molecule has 0 aliphatic heterocycles. The van der Waals surface area contributed by atoms with Crippen LogP contribution in [0.25, 0.3) is 0 Å². The van der Waals surface area contributed by atoms with Crippen LogP contribution >= 0.6 is 0 Å². The largest absolute Gasteiger partial charge is 0.462 e. The summed E-state index contributed by atoms with van der Waals surface area (Å²) in [4.78, 5) is 49.4. The zero-order valence-electron chi connectivity index (χ0n) is 22.9. The maximum absolute atomic E-state index is 13.4. The first-order valence-corrected chi connectivity index (χ1v) is 13.8. The van der Waals surface area contributed by atoms with Crippen molar-refractivity contribution in [3.05, 3.63) is 22.8 Å². The monoisotopic (exact) mass is 497 g/mol. The predicted molar refractivity (Wildman–Crippen MR) is 138 cm³/mol. The molecule has 0 aromatic carbocycles. The summed E-state index contributed by atoms with van der Waals surface area (Å²) in [6.45, 7) is 11.3. The summed E-state index contributed by atoms with van der Waals surface area (Å²) in [6, 6.07) is -0.0674. The van der Waals surface area contributed by atoms with Gasteiger partial charge in [-0.2, -0.15) is 0 Å².